The van der Waals surface area contributed by atoms with E-state index in [-0.39, 0.29) is 0 Å². The molecule has 0 saturated heterocycles. The molecule has 0 aliphatic heterocycles. The minimum Gasteiger partial charge on any atom is -0.300 e. The maximum Gasteiger partial charge on any atom is 0.133 e. The monoisotopic (exact) mass is 190 g/mol. The van der Waals surface area contributed by atoms with Crippen LogP contribution in [0.1, 0.15) is 39.0 Å². The number of hydrogen-bond donors (Lipinski definition) is 0. The van der Waals surface area contributed by atoms with Crippen LogP contribution in [0.4, 0.5) is 0 Å². The lowest BCUT2D eigenvalue weighted by atomic mass is 9.34. The molecule has 6 aliphatic rings. The van der Waals surface area contributed by atoms with Crippen LogP contribution in [0.5, 0.6) is 0 Å². The molecule has 0 heterocycles. The molecule has 0 N–H and O–H groups in total. The van der Waals surface area contributed by atoms with E-state index in [1.54, 1.807) is 0 Å². The molecule has 6 fully saturated rings. The van der Waals surface area contributed by atoms with Gasteiger partial charge in [0.05, 0.1) is 0 Å². The molecule has 6 aliphatic carbocycles. The Bertz CT molecular complexity index is 313. The van der Waals surface area contributed by atoms with E-state index < -0.39 is 0 Å². The quantitative estimate of drug-likeness (QED) is 0.621. The average Bonchev–Trinajstić information content (AvgIpc) is 2.77. The number of carbonyl (C=O) groups excluding carboxylic acids is 1. The molecule has 0 aromatic heterocycles. The normalized spacial score (nSPS) is 62.5. The summed E-state index contributed by atoms with van der Waals surface area (Å²) < 4.78 is 0. The fourth-order valence-corrected chi connectivity index (χ4v) is 6.09. The molecule has 0 unspecified atom stereocenters. The molecule has 1 spiro atoms. The van der Waals surface area contributed by atoms with Crippen LogP contribution in [-0.2, 0) is 4.79 Å². The van der Waals surface area contributed by atoms with E-state index in [2.05, 4.69) is 0 Å². The minimum absolute atomic E-state index is 0.497. The van der Waals surface area contributed by atoms with Crippen molar-refractivity contribution in [3.63, 3.8) is 0 Å². The molecule has 1 nitrogen and oxygen atoms in total. The number of carbonyl (C=O) groups is 1. The van der Waals surface area contributed by atoms with Gasteiger partial charge in [-0.3, -0.25) is 4.79 Å². The summed E-state index contributed by atoms with van der Waals surface area (Å²) in [5.74, 6) is 4.73. The van der Waals surface area contributed by atoms with Crippen molar-refractivity contribution in [2.75, 3.05) is 0 Å². The standard InChI is InChI=1S/C13H18O/c1-7(14)11-10-6-8-9-4-2-3-5-13(9,10)12(8)11/h8-12H,2-6H2,1H3/t8-,9+,10-,11-,12-,13-/m0/s1. The molecule has 0 aromatic carbocycles. The SMILES string of the molecule is CC(=O)[C@@H]1[C@@H]2[C@H]3C[C@@H]1[C@@]21CCCC[C@H]31. The van der Waals surface area contributed by atoms with Gasteiger partial charge in [0.25, 0.3) is 0 Å². The Morgan fingerprint density at radius 3 is 2.86 bits per heavy atom. The van der Waals surface area contributed by atoms with Crippen LogP contribution in [0.25, 0.3) is 0 Å². The lowest BCUT2D eigenvalue weighted by molar-refractivity contribution is -0.220. The Hall–Kier alpha value is -0.330. The third-order valence-corrected chi connectivity index (χ3v) is 6.17. The Morgan fingerprint density at radius 1 is 1.29 bits per heavy atom. The van der Waals surface area contributed by atoms with Crippen molar-refractivity contribution in [2.45, 2.75) is 39.0 Å². The van der Waals surface area contributed by atoms with Gasteiger partial charge >= 0.3 is 0 Å². The van der Waals surface area contributed by atoms with Crippen LogP contribution in [0.2, 0.25) is 0 Å². The van der Waals surface area contributed by atoms with Crippen molar-refractivity contribution in [3.8, 4) is 0 Å². The first kappa shape index (κ1) is 7.90. The lowest BCUT2D eigenvalue weighted by Crippen LogP contribution is -2.66. The zero-order valence-electron chi connectivity index (χ0n) is 8.83. The molecule has 4 bridgehead atoms. The number of hydrogen-bond acceptors (Lipinski definition) is 1. The van der Waals surface area contributed by atoms with Gasteiger partial charge in [-0.1, -0.05) is 12.8 Å². The van der Waals surface area contributed by atoms with Crippen molar-refractivity contribution >= 4 is 5.78 Å². The van der Waals surface area contributed by atoms with Crippen molar-refractivity contribution in [2.24, 2.45) is 35.0 Å². The van der Waals surface area contributed by atoms with Crippen LogP contribution in [0.15, 0.2) is 0 Å². The van der Waals surface area contributed by atoms with Crippen LogP contribution >= 0.6 is 0 Å². The van der Waals surface area contributed by atoms with Gasteiger partial charge in [-0.2, -0.15) is 0 Å². The highest BCUT2D eigenvalue weighted by molar-refractivity contribution is 5.81. The van der Waals surface area contributed by atoms with E-state index in [1.807, 2.05) is 6.92 Å². The van der Waals surface area contributed by atoms with Crippen LogP contribution in [0, 0.1) is 35.0 Å². The number of Topliss-reactive ketones (excluding diaryl/α,β-unsaturated/α-hetero) is 1. The van der Waals surface area contributed by atoms with E-state index >= 15 is 0 Å². The topological polar surface area (TPSA) is 17.1 Å². The molecule has 0 radical (unpaired) electrons. The second kappa shape index (κ2) is 2.10. The lowest BCUT2D eigenvalue weighted by Gasteiger charge is -2.69. The summed E-state index contributed by atoms with van der Waals surface area (Å²) >= 11 is 0. The second-order valence-corrected chi connectivity index (χ2v) is 6.13. The first-order valence-electron chi connectivity index (χ1n) is 6.27. The molecular weight excluding hydrogens is 172 g/mol. The van der Waals surface area contributed by atoms with Crippen LogP contribution < -0.4 is 0 Å². The van der Waals surface area contributed by atoms with E-state index in [4.69, 9.17) is 0 Å². The maximum absolute atomic E-state index is 11.5. The molecule has 76 valence electrons. The van der Waals surface area contributed by atoms with Gasteiger partial charge in [0.1, 0.15) is 5.78 Å². The first-order chi connectivity index (χ1) is 6.77. The van der Waals surface area contributed by atoms with Gasteiger partial charge in [0, 0.05) is 5.92 Å². The minimum atomic E-state index is 0.497. The molecule has 0 aromatic rings. The number of ketones is 1. The fraction of sp³-hybridized carbons (Fsp3) is 0.923. The molecule has 6 saturated carbocycles. The summed E-state index contributed by atoms with van der Waals surface area (Å²) in [4.78, 5) is 11.5. The molecule has 14 heavy (non-hydrogen) atoms. The van der Waals surface area contributed by atoms with Gasteiger partial charge < -0.3 is 0 Å². The molecule has 6 rings (SSSR count). The Balaban J connectivity index is 1.71. The summed E-state index contributed by atoms with van der Waals surface area (Å²) in [5, 5.41) is 0. The third kappa shape index (κ3) is 0.539. The Kier molecular flexibility index (Phi) is 1.18. The first-order valence-corrected chi connectivity index (χ1v) is 6.27. The predicted octanol–water partition coefficient (Wildman–Crippen LogP) is 2.65. The Morgan fingerprint density at radius 2 is 2.14 bits per heavy atom. The largest absolute Gasteiger partial charge is 0.300 e. The van der Waals surface area contributed by atoms with Crippen LogP contribution in [-0.4, -0.2) is 5.78 Å². The van der Waals surface area contributed by atoms with Crippen molar-refractivity contribution in [3.05, 3.63) is 0 Å². The van der Waals surface area contributed by atoms with Gasteiger partial charge in [-0.05, 0) is 55.3 Å². The van der Waals surface area contributed by atoms with Gasteiger partial charge in [0.2, 0.25) is 0 Å². The molecular formula is C13H18O. The summed E-state index contributed by atoms with van der Waals surface area (Å²) in [7, 11) is 0. The van der Waals surface area contributed by atoms with E-state index in [0.29, 0.717) is 11.7 Å². The van der Waals surface area contributed by atoms with Crippen molar-refractivity contribution < 1.29 is 4.79 Å². The molecule has 0 amide bonds. The van der Waals surface area contributed by atoms with Gasteiger partial charge in [-0.25, -0.2) is 0 Å². The molecule has 6 atom stereocenters. The highest BCUT2D eigenvalue weighted by atomic mass is 16.1. The summed E-state index contributed by atoms with van der Waals surface area (Å²) in [5.41, 5.74) is 0.721. The van der Waals surface area contributed by atoms with Gasteiger partial charge in [-0.15, -0.1) is 0 Å². The highest BCUT2D eigenvalue weighted by Crippen LogP contribution is 2.85. The van der Waals surface area contributed by atoms with E-state index in [1.165, 1.54) is 32.1 Å². The summed E-state index contributed by atoms with van der Waals surface area (Å²) in [6, 6.07) is 0. The fourth-order valence-electron chi connectivity index (χ4n) is 6.09. The van der Waals surface area contributed by atoms with Crippen molar-refractivity contribution in [1.82, 2.24) is 0 Å². The zero-order chi connectivity index (χ0) is 9.50. The number of rotatable bonds is 1. The second-order valence-electron chi connectivity index (χ2n) is 6.13. The average molecular weight is 190 g/mol. The molecule has 1 heteroatoms. The predicted molar refractivity (Wildman–Crippen MR) is 53.6 cm³/mol. The smallest absolute Gasteiger partial charge is 0.133 e. The zero-order valence-corrected chi connectivity index (χ0v) is 8.83. The third-order valence-electron chi connectivity index (χ3n) is 6.17. The maximum atomic E-state index is 11.5. The highest BCUT2D eigenvalue weighted by Gasteiger charge is 2.82. The Labute approximate surface area is 85.3 Å². The van der Waals surface area contributed by atoms with Crippen molar-refractivity contribution in [1.29, 1.82) is 0 Å². The van der Waals surface area contributed by atoms with E-state index in [9.17, 15) is 4.79 Å². The van der Waals surface area contributed by atoms with E-state index in [0.717, 1.165) is 29.1 Å². The van der Waals surface area contributed by atoms with Gasteiger partial charge in [0.15, 0.2) is 0 Å². The summed E-state index contributed by atoms with van der Waals surface area (Å²) in [6.45, 7) is 1.82. The summed E-state index contributed by atoms with van der Waals surface area (Å²) in [6.07, 6.45) is 7.28. The van der Waals surface area contributed by atoms with Crippen LogP contribution in [0.3, 0.4) is 0 Å².